The molecule has 2 heterocycles. The molecular formula is C57H38N2S. The molecule has 1 aliphatic rings. The van der Waals surface area contributed by atoms with Gasteiger partial charge < -0.3 is 0 Å². The highest BCUT2D eigenvalue weighted by Gasteiger charge is 2.38. The summed E-state index contributed by atoms with van der Waals surface area (Å²) in [6.45, 7) is 4.77. The number of thiophene rings is 1. The summed E-state index contributed by atoms with van der Waals surface area (Å²) in [6.07, 6.45) is 0. The summed E-state index contributed by atoms with van der Waals surface area (Å²) in [4.78, 5) is 10.6. The first-order valence-electron chi connectivity index (χ1n) is 20.6. The number of rotatable bonds is 5. The molecule has 282 valence electrons. The molecule has 0 radical (unpaired) electrons. The van der Waals surface area contributed by atoms with Crippen molar-refractivity contribution >= 4 is 53.1 Å². The fraction of sp³-hybridized carbons (Fsp3) is 0.0526. The zero-order chi connectivity index (χ0) is 40.0. The Morgan fingerprint density at radius 1 is 0.383 bits per heavy atom. The largest absolute Gasteiger partial charge is 0.228 e. The van der Waals surface area contributed by atoms with Gasteiger partial charge >= 0.3 is 0 Å². The fourth-order valence-electron chi connectivity index (χ4n) is 9.86. The van der Waals surface area contributed by atoms with E-state index in [9.17, 15) is 0 Å². The van der Waals surface area contributed by atoms with Gasteiger partial charge in [-0.1, -0.05) is 172 Å². The van der Waals surface area contributed by atoms with Crippen LogP contribution in [0, 0.1) is 0 Å². The molecule has 3 heteroatoms. The van der Waals surface area contributed by atoms with Gasteiger partial charge in [0.1, 0.15) is 0 Å². The first-order chi connectivity index (χ1) is 29.5. The molecule has 60 heavy (non-hydrogen) atoms. The third-order valence-electron chi connectivity index (χ3n) is 12.7. The Bertz CT molecular complexity index is 3520. The molecule has 0 unspecified atom stereocenters. The van der Waals surface area contributed by atoms with E-state index in [0.717, 1.165) is 33.5 Å². The van der Waals surface area contributed by atoms with Gasteiger partial charge in [0.2, 0.25) is 0 Å². The Balaban J connectivity index is 1.01. The Morgan fingerprint density at radius 3 is 1.77 bits per heavy atom. The van der Waals surface area contributed by atoms with Crippen LogP contribution in [0.15, 0.2) is 194 Å². The van der Waals surface area contributed by atoms with E-state index in [1.807, 2.05) is 17.4 Å². The highest BCUT2D eigenvalue weighted by Crippen LogP contribution is 2.53. The van der Waals surface area contributed by atoms with E-state index >= 15 is 0 Å². The smallest absolute Gasteiger partial charge is 0.160 e. The first-order valence-corrected chi connectivity index (χ1v) is 21.5. The highest BCUT2D eigenvalue weighted by atomic mass is 32.1. The first kappa shape index (κ1) is 34.8. The van der Waals surface area contributed by atoms with Crippen molar-refractivity contribution in [3.05, 3.63) is 205 Å². The standard InChI is InChI=1S/C57H38N2S/c1-57(2)49-33-37-18-7-6-17-36(37)32-48(49)45-25-13-24-41(55(45)57)39-20-12-19-38(31-39)40-29-30-44(43-22-9-8-21-42(40)43)50-34-51(59-56(58-50)35-15-4-3-5-16-35)46-26-14-28-53-54(46)47-23-10-11-27-52(47)60-53/h3-34H,1-2H3. The lowest BCUT2D eigenvalue weighted by molar-refractivity contribution is 0.663. The average molecular weight is 783 g/mol. The maximum Gasteiger partial charge on any atom is 0.160 e. The summed E-state index contributed by atoms with van der Waals surface area (Å²) in [5.41, 5.74) is 15.2. The van der Waals surface area contributed by atoms with Crippen molar-refractivity contribution in [3.8, 4) is 67.3 Å². The number of nitrogens with zero attached hydrogens (tertiary/aromatic N) is 2. The van der Waals surface area contributed by atoms with Gasteiger partial charge in [-0.05, 0) is 102 Å². The number of benzene rings is 9. The summed E-state index contributed by atoms with van der Waals surface area (Å²) in [5.74, 6) is 0.717. The maximum atomic E-state index is 5.31. The zero-order valence-corrected chi connectivity index (χ0v) is 34.1. The van der Waals surface area contributed by atoms with Gasteiger partial charge in [-0.25, -0.2) is 9.97 Å². The van der Waals surface area contributed by atoms with Crippen LogP contribution in [-0.4, -0.2) is 9.97 Å². The molecule has 0 bridgehead atoms. The summed E-state index contributed by atoms with van der Waals surface area (Å²) in [5, 5.41) is 7.43. The van der Waals surface area contributed by atoms with Crippen molar-refractivity contribution in [3.63, 3.8) is 0 Å². The van der Waals surface area contributed by atoms with Crippen LogP contribution in [0.3, 0.4) is 0 Å². The maximum absolute atomic E-state index is 5.31. The molecule has 1 aliphatic carbocycles. The van der Waals surface area contributed by atoms with Crippen LogP contribution in [0.1, 0.15) is 25.0 Å². The Hall–Kier alpha value is -7.20. The molecule has 12 rings (SSSR count). The second-order valence-electron chi connectivity index (χ2n) is 16.5. The molecule has 0 saturated heterocycles. The van der Waals surface area contributed by atoms with Crippen molar-refractivity contribution < 1.29 is 0 Å². The minimum atomic E-state index is -0.146. The number of hydrogen-bond acceptors (Lipinski definition) is 3. The lowest BCUT2D eigenvalue weighted by Gasteiger charge is -2.25. The van der Waals surface area contributed by atoms with E-state index in [2.05, 4.69) is 202 Å². The van der Waals surface area contributed by atoms with E-state index in [1.54, 1.807) is 0 Å². The number of hydrogen-bond donors (Lipinski definition) is 0. The molecule has 0 atom stereocenters. The monoisotopic (exact) mass is 782 g/mol. The highest BCUT2D eigenvalue weighted by molar-refractivity contribution is 7.25. The molecule has 2 aromatic heterocycles. The average Bonchev–Trinajstić information content (AvgIpc) is 3.79. The van der Waals surface area contributed by atoms with E-state index in [1.165, 1.54) is 80.8 Å². The molecule has 11 aromatic rings. The summed E-state index contributed by atoms with van der Waals surface area (Å²) < 4.78 is 2.54. The molecule has 0 fully saturated rings. The van der Waals surface area contributed by atoms with Crippen molar-refractivity contribution in [2.75, 3.05) is 0 Å². The summed E-state index contributed by atoms with van der Waals surface area (Å²) in [7, 11) is 0. The number of aromatic nitrogens is 2. The fourth-order valence-corrected chi connectivity index (χ4v) is 11.0. The molecule has 2 nitrogen and oxygen atoms in total. The molecule has 9 aromatic carbocycles. The quantitative estimate of drug-likeness (QED) is 0.174. The van der Waals surface area contributed by atoms with Gasteiger partial charge in [-0.3, -0.25) is 0 Å². The van der Waals surface area contributed by atoms with Crippen LogP contribution < -0.4 is 0 Å². The Labute approximate surface area is 353 Å². The van der Waals surface area contributed by atoms with Gasteiger partial charge in [0, 0.05) is 42.3 Å². The second kappa shape index (κ2) is 13.4. The number of fused-ring (bicyclic) bond motifs is 8. The van der Waals surface area contributed by atoms with E-state index in [4.69, 9.17) is 9.97 Å². The molecule has 0 N–H and O–H groups in total. The van der Waals surface area contributed by atoms with Crippen molar-refractivity contribution in [2.24, 2.45) is 0 Å². The Kier molecular flexibility index (Phi) is 7.79. The summed E-state index contributed by atoms with van der Waals surface area (Å²) in [6, 6.07) is 70.6. The minimum absolute atomic E-state index is 0.146. The predicted octanol–water partition coefficient (Wildman–Crippen LogP) is 15.8. The molecular weight excluding hydrogens is 745 g/mol. The van der Waals surface area contributed by atoms with Crippen LogP contribution in [0.25, 0.3) is 109 Å². The van der Waals surface area contributed by atoms with Crippen LogP contribution in [0.4, 0.5) is 0 Å². The normalized spacial score (nSPS) is 13.0. The van der Waals surface area contributed by atoms with Crippen LogP contribution >= 0.6 is 11.3 Å². The summed E-state index contributed by atoms with van der Waals surface area (Å²) >= 11 is 1.83. The van der Waals surface area contributed by atoms with E-state index in [0.29, 0.717) is 5.82 Å². The SMILES string of the molecule is CC1(C)c2cc3ccccc3cc2-c2cccc(-c3cccc(-c4ccc(-c5cc(-c6cccc7sc8ccccc8c67)nc(-c6ccccc6)n5)c5ccccc45)c3)c21. The van der Waals surface area contributed by atoms with Gasteiger partial charge in [0.05, 0.1) is 11.4 Å². The van der Waals surface area contributed by atoms with Crippen LogP contribution in [0.2, 0.25) is 0 Å². The van der Waals surface area contributed by atoms with Gasteiger partial charge in [-0.15, -0.1) is 11.3 Å². The molecule has 0 spiro atoms. The molecule has 0 aliphatic heterocycles. The van der Waals surface area contributed by atoms with Crippen molar-refractivity contribution in [1.29, 1.82) is 0 Å². The molecule has 0 amide bonds. The van der Waals surface area contributed by atoms with Gasteiger partial charge in [0.15, 0.2) is 5.82 Å². The molecule has 0 saturated carbocycles. The van der Waals surface area contributed by atoms with E-state index < -0.39 is 0 Å². The van der Waals surface area contributed by atoms with Gasteiger partial charge in [-0.2, -0.15) is 0 Å². The zero-order valence-electron chi connectivity index (χ0n) is 33.3. The predicted molar refractivity (Wildman–Crippen MR) is 255 cm³/mol. The Morgan fingerprint density at radius 2 is 0.950 bits per heavy atom. The van der Waals surface area contributed by atoms with Crippen LogP contribution in [0.5, 0.6) is 0 Å². The van der Waals surface area contributed by atoms with Crippen LogP contribution in [-0.2, 0) is 5.41 Å². The van der Waals surface area contributed by atoms with Crippen molar-refractivity contribution in [2.45, 2.75) is 19.3 Å². The third-order valence-corrected chi connectivity index (χ3v) is 13.8. The van der Waals surface area contributed by atoms with Gasteiger partial charge in [0.25, 0.3) is 0 Å². The lowest BCUT2D eigenvalue weighted by atomic mass is 9.78. The van der Waals surface area contributed by atoms with E-state index in [-0.39, 0.29) is 5.41 Å². The third kappa shape index (κ3) is 5.40. The van der Waals surface area contributed by atoms with Crippen molar-refractivity contribution in [1.82, 2.24) is 9.97 Å². The second-order valence-corrected chi connectivity index (χ2v) is 17.6. The lowest BCUT2D eigenvalue weighted by Crippen LogP contribution is -2.16. The minimum Gasteiger partial charge on any atom is -0.228 e. The topological polar surface area (TPSA) is 25.8 Å².